The third-order valence-electron chi connectivity index (χ3n) is 4.58. The Morgan fingerprint density at radius 2 is 1.89 bits per heavy atom. The van der Waals surface area contributed by atoms with Gasteiger partial charge in [-0.25, -0.2) is 0 Å². The first-order valence-electron chi connectivity index (χ1n) is 7.32. The van der Waals surface area contributed by atoms with Crippen molar-refractivity contribution in [3.63, 3.8) is 0 Å². The second-order valence-corrected chi connectivity index (χ2v) is 6.33. The topological polar surface area (TPSA) is 57.5 Å². The molecule has 2 N–H and O–H groups in total. The Labute approximate surface area is 111 Å². The maximum atomic E-state index is 11.6. The van der Waals surface area contributed by atoms with Gasteiger partial charge in [0.1, 0.15) is 0 Å². The van der Waals surface area contributed by atoms with Crippen LogP contribution in [0.2, 0.25) is 0 Å². The SMILES string of the molecule is CCCC1CCC(CC(O)C(C)C)(C(=O)O)CC1. The fourth-order valence-corrected chi connectivity index (χ4v) is 3.07. The van der Waals surface area contributed by atoms with E-state index >= 15 is 0 Å². The van der Waals surface area contributed by atoms with Gasteiger partial charge < -0.3 is 10.2 Å². The van der Waals surface area contributed by atoms with Crippen molar-refractivity contribution in [3.8, 4) is 0 Å². The van der Waals surface area contributed by atoms with E-state index in [4.69, 9.17) is 0 Å². The number of carbonyl (C=O) groups is 1. The predicted octanol–water partition coefficient (Wildman–Crippen LogP) is 3.45. The molecule has 18 heavy (non-hydrogen) atoms. The van der Waals surface area contributed by atoms with E-state index < -0.39 is 17.5 Å². The molecule has 1 saturated carbocycles. The van der Waals surface area contributed by atoms with Gasteiger partial charge in [0, 0.05) is 0 Å². The fraction of sp³-hybridized carbons (Fsp3) is 0.933. The second kappa shape index (κ2) is 6.55. The summed E-state index contributed by atoms with van der Waals surface area (Å²) in [7, 11) is 0. The van der Waals surface area contributed by atoms with E-state index in [1.165, 1.54) is 12.8 Å². The maximum Gasteiger partial charge on any atom is 0.309 e. The molecule has 3 nitrogen and oxygen atoms in total. The van der Waals surface area contributed by atoms with Crippen LogP contribution in [-0.2, 0) is 4.79 Å². The average molecular weight is 256 g/mol. The number of carboxylic acid groups (broad SMARTS) is 1. The van der Waals surface area contributed by atoms with Crippen LogP contribution in [0, 0.1) is 17.3 Å². The summed E-state index contributed by atoms with van der Waals surface area (Å²) >= 11 is 0. The van der Waals surface area contributed by atoms with Crippen LogP contribution in [0.3, 0.4) is 0 Å². The zero-order chi connectivity index (χ0) is 13.8. The van der Waals surface area contributed by atoms with E-state index in [9.17, 15) is 15.0 Å². The predicted molar refractivity (Wildman–Crippen MR) is 72.4 cm³/mol. The molecule has 106 valence electrons. The van der Waals surface area contributed by atoms with Crippen LogP contribution in [0.25, 0.3) is 0 Å². The maximum absolute atomic E-state index is 11.6. The highest BCUT2D eigenvalue weighted by atomic mass is 16.4. The number of carboxylic acids is 1. The highest BCUT2D eigenvalue weighted by molar-refractivity contribution is 5.74. The van der Waals surface area contributed by atoms with Crippen LogP contribution >= 0.6 is 0 Å². The number of hydrogen-bond acceptors (Lipinski definition) is 2. The van der Waals surface area contributed by atoms with Crippen LogP contribution in [0.15, 0.2) is 0 Å². The molecule has 1 fully saturated rings. The summed E-state index contributed by atoms with van der Waals surface area (Å²) in [5.74, 6) is 0.116. The highest BCUT2D eigenvalue weighted by Gasteiger charge is 2.43. The molecule has 0 amide bonds. The smallest absolute Gasteiger partial charge is 0.309 e. The molecule has 3 heteroatoms. The monoisotopic (exact) mass is 256 g/mol. The van der Waals surface area contributed by atoms with Gasteiger partial charge >= 0.3 is 5.97 Å². The van der Waals surface area contributed by atoms with E-state index in [1.54, 1.807) is 0 Å². The van der Waals surface area contributed by atoms with Gasteiger partial charge in [0.25, 0.3) is 0 Å². The van der Waals surface area contributed by atoms with Gasteiger partial charge in [-0.3, -0.25) is 4.79 Å². The Bertz CT molecular complexity index is 265. The minimum atomic E-state index is -0.711. The van der Waals surface area contributed by atoms with E-state index in [0.717, 1.165) is 25.7 Å². The number of hydrogen-bond donors (Lipinski definition) is 2. The standard InChI is InChI=1S/C15H28O3/c1-4-5-12-6-8-15(9-7-12,14(17)18)10-13(16)11(2)3/h11-13,16H,4-10H2,1-3H3,(H,17,18). The Morgan fingerprint density at radius 1 is 1.33 bits per heavy atom. The molecule has 0 radical (unpaired) electrons. The molecule has 0 bridgehead atoms. The normalized spacial score (nSPS) is 30.4. The van der Waals surface area contributed by atoms with Crippen LogP contribution in [0.4, 0.5) is 0 Å². The molecule has 0 aromatic rings. The van der Waals surface area contributed by atoms with E-state index in [-0.39, 0.29) is 5.92 Å². The van der Waals surface area contributed by atoms with Gasteiger partial charge in [0.05, 0.1) is 11.5 Å². The van der Waals surface area contributed by atoms with Crippen molar-refractivity contribution >= 4 is 5.97 Å². The average Bonchev–Trinajstić information content (AvgIpc) is 2.31. The number of rotatable bonds is 6. The summed E-state index contributed by atoms with van der Waals surface area (Å²) in [6.45, 7) is 6.08. The molecule has 0 aromatic carbocycles. The fourth-order valence-electron chi connectivity index (χ4n) is 3.07. The van der Waals surface area contributed by atoms with E-state index in [1.807, 2.05) is 13.8 Å². The molecule has 0 spiro atoms. The van der Waals surface area contributed by atoms with Gasteiger partial charge in [-0.1, -0.05) is 33.6 Å². The first-order valence-corrected chi connectivity index (χ1v) is 7.32. The Hall–Kier alpha value is -0.570. The molecule has 0 aromatic heterocycles. The molecule has 1 aliphatic rings. The number of aliphatic hydroxyl groups is 1. The third kappa shape index (κ3) is 3.71. The molecule has 0 aliphatic heterocycles. The lowest BCUT2D eigenvalue weighted by Gasteiger charge is -2.38. The first kappa shape index (κ1) is 15.5. The molecular formula is C15H28O3. The van der Waals surface area contributed by atoms with Crippen molar-refractivity contribution in [1.29, 1.82) is 0 Å². The Balaban J connectivity index is 2.64. The molecule has 1 unspecified atom stereocenters. The molecule has 0 heterocycles. The molecule has 1 aliphatic carbocycles. The zero-order valence-electron chi connectivity index (χ0n) is 12.0. The number of aliphatic carboxylic acids is 1. The number of aliphatic hydroxyl groups excluding tert-OH is 1. The van der Waals surface area contributed by atoms with Crippen molar-refractivity contribution in [1.82, 2.24) is 0 Å². The van der Waals surface area contributed by atoms with Gasteiger partial charge in [0.15, 0.2) is 0 Å². The highest BCUT2D eigenvalue weighted by Crippen LogP contribution is 2.44. The van der Waals surface area contributed by atoms with Gasteiger partial charge in [-0.05, 0) is 43.9 Å². The lowest BCUT2D eigenvalue weighted by Crippen LogP contribution is -2.39. The van der Waals surface area contributed by atoms with Gasteiger partial charge in [-0.2, -0.15) is 0 Å². The Kier molecular flexibility index (Phi) is 5.64. The summed E-state index contributed by atoms with van der Waals surface area (Å²) < 4.78 is 0. The minimum absolute atomic E-state index is 0.134. The van der Waals surface area contributed by atoms with E-state index in [2.05, 4.69) is 6.92 Å². The van der Waals surface area contributed by atoms with Crippen LogP contribution in [0.5, 0.6) is 0 Å². The van der Waals surface area contributed by atoms with Crippen molar-refractivity contribution in [3.05, 3.63) is 0 Å². The summed E-state index contributed by atoms with van der Waals surface area (Å²) in [6.07, 6.45) is 5.79. The Morgan fingerprint density at radius 3 is 2.28 bits per heavy atom. The summed E-state index contributed by atoms with van der Waals surface area (Å²) in [4.78, 5) is 11.6. The first-order chi connectivity index (χ1) is 8.41. The largest absolute Gasteiger partial charge is 0.481 e. The van der Waals surface area contributed by atoms with Gasteiger partial charge in [0.2, 0.25) is 0 Å². The minimum Gasteiger partial charge on any atom is -0.481 e. The van der Waals surface area contributed by atoms with Gasteiger partial charge in [-0.15, -0.1) is 0 Å². The van der Waals surface area contributed by atoms with Crippen LogP contribution in [0.1, 0.15) is 65.7 Å². The second-order valence-electron chi connectivity index (χ2n) is 6.33. The molecule has 1 rings (SSSR count). The van der Waals surface area contributed by atoms with Crippen molar-refractivity contribution < 1.29 is 15.0 Å². The lowest BCUT2D eigenvalue weighted by molar-refractivity contribution is -0.154. The van der Waals surface area contributed by atoms with Crippen molar-refractivity contribution in [2.24, 2.45) is 17.3 Å². The summed E-state index contributed by atoms with van der Waals surface area (Å²) in [5, 5.41) is 19.5. The quantitative estimate of drug-likeness (QED) is 0.765. The molecular weight excluding hydrogens is 228 g/mol. The van der Waals surface area contributed by atoms with Crippen LogP contribution in [-0.4, -0.2) is 22.3 Å². The van der Waals surface area contributed by atoms with Crippen molar-refractivity contribution in [2.75, 3.05) is 0 Å². The summed E-state index contributed by atoms with van der Waals surface area (Å²) in [5.41, 5.74) is -0.673. The lowest BCUT2D eigenvalue weighted by atomic mass is 9.66. The van der Waals surface area contributed by atoms with E-state index in [0.29, 0.717) is 12.3 Å². The summed E-state index contributed by atoms with van der Waals surface area (Å²) in [6, 6.07) is 0. The van der Waals surface area contributed by atoms with Crippen LogP contribution < -0.4 is 0 Å². The molecule has 1 atom stereocenters. The third-order valence-corrected chi connectivity index (χ3v) is 4.58. The van der Waals surface area contributed by atoms with Crippen molar-refractivity contribution in [2.45, 2.75) is 71.8 Å². The molecule has 0 saturated heterocycles. The zero-order valence-corrected chi connectivity index (χ0v) is 12.0.